The van der Waals surface area contributed by atoms with E-state index in [2.05, 4.69) is 10.2 Å². The van der Waals surface area contributed by atoms with E-state index in [9.17, 15) is 4.79 Å². The van der Waals surface area contributed by atoms with E-state index >= 15 is 0 Å². The van der Waals surface area contributed by atoms with Crippen molar-refractivity contribution in [1.29, 1.82) is 5.26 Å². The molecule has 0 unspecified atom stereocenters. The minimum absolute atomic E-state index is 0.253. The number of nitrogen functional groups attached to an aromatic ring is 1. The molecule has 21 heavy (non-hydrogen) atoms. The predicted molar refractivity (Wildman–Crippen MR) is 78.9 cm³/mol. The summed E-state index contributed by atoms with van der Waals surface area (Å²) in [4.78, 5) is 14.0. The fraction of sp³-hybridized carbons (Fsp3) is 0.267. The fourth-order valence-corrected chi connectivity index (χ4v) is 2.25. The number of carbonyl (C=O) groups excluding carboxylic acids is 1. The number of nitrogens with one attached hydrogen (secondary N) is 1. The number of nitrogens with two attached hydrogens (primary N) is 1. The Morgan fingerprint density at radius 1 is 1.43 bits per heavy atom. The molecule has 1 aliphatic rings. The summed E-state index contributed by atoms with van der Waals surface area (Å²) in [6.07, 6.45) is 2.18. The molecule has 1 aromatic carbocycles. The lowest BCUT2D eigenvalue weighted by Crippen LogP contribution is -2.27. The van der Waals surface area contributed by atoms with Crippen LogP contribution in [0.5, 0.6) is 0 Å². The Morgan fingerprint density at radius 3 is 2.67 bits per heavy atom. The van der Waals surface area contributed by atoms with Crippen LogP contribution in [0.1, 0.15) is 40.5 Å². The van der Waals surface area contributed by atoms with E-state index in [1.165, 1.54) is 4.90 Å². The highest BCUT2D eigenvalue weighted by Crippen LogP contribution is 2.42. The molecule has 6 heteroatoms. The lowest BCUT2D eigenvalue weighted by Gasteiger charge is -2.16. The molecule has 6 nitrogen and oxygen atoms in total. The van der Waals surface area contributed by atoms with Crippen molar-refractivity contribution in [3.63, 3.8) is 0 Å². The number of aromatic nitrogens is 2. The van der Waals surface area contributed by atoms with E-state index < -0.39 is 0 Å². The van der Waals surface area contributed by atoms with Crippen LogP contribution < -0.4 is 10.6 Å². The van der Waals surface area contributed by atoms with Crippen molar-refractivity contribution in [2.24, 2.45) is 0 Å². The van der Waals surface area contributed by atoms with Crippen LogP contribution in [0.15, 0.2) is 24.3 Å². The number of carbonyl (C=O) groups is 1. The van der Waals surface area contributed by atoms with Gasteiger partial charge >= 0.3 is 0 Å². The lowest BCUT2D eigenvalue weighted by atomic mass is 10.2. The lowest BCUT2D eigenvalue weighted by molar-refractivity contribution is 0.0989. The second-order valence-corrected chi connectivity index (χ2v) is 5.20. The van der Waals surface area contributed by atoms with Gasteiger partial charge < -0.3 is 10.6 Å². The maximum absolute atomic E-state index is 12.5. The quantitative estimate of drug-likeness (QED) is 0.899. The molecule has 2 aromatic rings. The average molecular weight is 281 g/mol. The number of hydrogen-bond acceptors (Lipinski definition) is 4. The highest BCUT2D eigenvalue weighted by atomic mass is 16.2. The third-order valence-electron chi connectivity index (χ3n) is 3.71. The van der Waals surface area contributed by atoms with Gasteiger partial charge in [0.15, 0.2) is 5.69 Å². The molecule has 1 saturated carbocycles. The van der Waals surface area contributed by atoms with Crippen LogP contribution in [0, 0.1) is 11.3 Å². The molecule has 0 aliphatic heterocycles. The zero-order chi connectivity index (χ0) is 15.0. The SMILES string of the molecule is CN(C(=O)c1n[nH]c(C2CC2)c1N)c1ccc(C#N)cc1. The summed E-state index contributed by atoms with van der Waals surface area (Å²) >= 11 is 0. The topological polar surface area (TPSA) is 98.8 Å². The van der Waals surface area contributed by atoms with Crippen LogP contribution in [0.4, 0.5) is 11.4 Å². The van der Waals surface area contributed by atoms with Gasteiger partial charge in [-0.2, -0.15) is 10.4 Å². The normalized spacial score (nSPS) is 13.7. The summed E-state index contributed by atoms with van der Waals surface area (Å²) in [5, 5.41) is 15.7. The van der Waals surface area contributed by atoms with Crippen LogP contribution >= 0.6 is 0 Å². The van der Waals surface area contributed by atoms with E-state index in [-0.39, 0.29) is 11.6 Å². The van der Waals surface area contributed by atoms with Crippen molar-refractivity contribution >= 4 is 17.3 Å². The molecule has 0 radical (unpaired) electrons. The smallest absolute Gasteiger partial charge is 0.280 e. The molecule has 1 aliphatic carbocycles. The predicted octanol–water partition coefficient (Wildman–Crippen LogP) is 2.02. The second-order valence-electron chi connectivity index (χ2n) is 5.20. The van der Waals surface area contributed by atoms with Crippen LogP contribution in [0.3, 0.4) is 0 Å². The number of benzene rings is 1. The Balaban J connectivity index is 1.85. The zero-order valence-corrected chi connectivity index (χ0v) is 11.6. The number of anilines is 2. The molecule has 1 heterocycles. The Labute approximate surface area is 122 Å². The Morgan fingerprint density at radius 2 is 2.10 bits per heavy atom. The summed E-state index contributed by atoms with van der Waals surface area (Å²) < 4.78 is 0. The highest BCUT2D eigenvalue weighted by Gasteiger charge is 2.31. The number of aromatic amines is 1. The van der Waals surface area contributed by atoms with Gasteiger partial charge in [0.1, 0.15) is 0 Å². The molecule has 3 rings (SSSR count). The van der Waals surface area contributed by atoms with Gasteiger partial charge in [0.2, 0.25) is 0 Å². The van der Waals surface area contributed by atoms with Crippen molar-refractivity contribution in [3.8, 4) is 6.07 Å². The number of amides is 1. The van der Waals surface area contributed by atoms with Gasteiger partial charge in [0, 0.05) is 18.7 Å². The number of rotatable bonds is 3. The maximum Gasteiger partial charge on any atom is 0.280 e. The van der Waals surface area contributed by atoms with Crippen LogP contribution in [0.25, 0.3) is 0 Å². The second kappa shape index (κ2) is 4.94. The summed E-state index contributed by atoms with van der Waals surface area (Å²) in [6.45, 7) is 0. The molecular formula is C15H15N5O. The van der Waals surface area contributed by atoms with Gasteiger partial charge in [-0.15, -0.1) is 0 Å². The molecule has 0 atom stereocenters. The van der Waals surface area contributed by atoms with Crippen LogP contribution in [-0.2, 0) is 0 Å². The number of nitriles is 1. The summed E-state index contributed by atoms with van der Waals surface area (Å²) in [5.74, 6) is 0.152. The van der Waals surface area contributed by atoms with Gasteiger partial charge in [0.25, 0.3) is 5.91 Å². The Kier molecular flexibility index (Phi) is 3.10. The summed E-state index contributed by atoms with van der Waals surface area (Å²) in [6, 6.07) is 8.83. The summed E-state index contributed by atoms with van der Waals surface area (Å²) in [7, 11) is 1.66. The third-order valence-corrected chi connectivity index (χ3v) is 3.71. The number of nitrogens with zero attached hydrogens (tertiary/aromatic N) is 3. The van der Waals surface area contributed by atoms with Gasteiger partial charge in [-0.25, -0.2) is 0 Å². The molecule has 0 bridgehead atoms. The zero-order valence-electron chi connectivity index (χ0n) is 11.6. The van der Waals surface area contributed by atoms with Crippen molar-refractivity contribution in [1.82, 2.24) is 10.2 Å². The summed E-state index contributed by atoms with van der Waals surface area (Å²) in [5.41, 5.74) is 8.83. The maximum atomic E-state index is 12.5. The van der Waals surface area contributed by atoms with E-state index in [1.807, 2.05) is 6.07 Å². The van der Waals surface area contributed by atoms with E-state index in [4.69, 9.17) is 11.0 Å². The average Bonchev–Trinajstić information content (AvgIpc) is 3.29. The van der Waals surface area contributed by atoms with Gasteiger partial charge in [0.05, 0.1) is 23.0 Å². The van der Waals surface area contributed by atoms with Gasteiger partial charge in [-0.3, -0.25) is 9.89 Å². The number of hydrogen-bond donors (Lipinski definition) is 2. The molecule has 3 N–H and O–H groups in total. The fourth-order valence-electron chi connectivity index (χ4n) is 2.25. The van der Waals surface area contributed by atoms with Crippen molar-refractivity contribution in [2.45, 2.75) is 18.8 Å². The standard InChI is InChI=1S/C15H15N5O/c1-20(11-6-2-9(8-16)3-7-11)15(21)14-12(17)13(18-19-14)10-4-5-10/h2-3,6-7,10H,4-5,17H2,1H3,(H,18,19). The van der Waals surface area contributed by atoms with E-state index in [0.29, 0.717) is 22.9 Å². The van der Waals surface area contributed by atoms with Gasteiger partial charge in [-0.05, 0) is 37.1 Å². The van der Waals surface area contributed by atoms with E-state index in [0.717, 1.165) is 18.5 Å². The molecule has 106 valence electrons. The highest BCUT2D eigenvalue weighted by molar-refractivity contribution is 6.07. The molecule has 1 aromatic heterocycles. The van der Waals surface area contributed by atoms with Crippen molar-refractivity contribution in [3.05, 3.63) is 41.2 Å². The molecule has 0 spiro atoms. The van der Waals surface area contributed by atoms with Gasteiger partial charge in [-0.1, -0.05) is 0 Å². The van der Waals surface area contributed by atoms with Crippen LogP contribution in [0.2, 0.25) is 0 Å². The number of H-pyrrole nitrogens is 1. The Bertz CT molecular complexity index is 722. The minimum atomic E-state index is -0.264. The van der Waals surface area contributed by atoms with Crippen LogP contribution in [-0.4, -0.2) is 23.2 Å². The molecule has 0 saturated heterocycles. The first kappa shape index (κ1) is 13.2. The van der Waals surface area contributed by atoms with Crippen molar-refractivity contribution in [2.75, 3.05) is 17.7 Å². The largest absolute Gasteiger partial charge is 0.395 e. The third kappa shape index (κ3) is 2.34. The first-order valence-electron chi connectivity index (χ1n) is 6.73. The first-order valence-corrected chi connectivity index (χ1v) is 6.73. The minimum Gasteiger partial charge on any atom is -0.395 e. The molecular weight excluding hydrogens is 266 g/mol. The first-order chi connectivity index (χ1) is 10.1. The van der Waals surface area contributed by atoms with E-state index in [1.54, 1.807) is 31.3 Å². The van der Waals surface area contributed by atoms with Crippen molar-refractivity contribution < 1.29 is 4.79 Å². The molecule has 1 fully saturated rings. The monoisotopic (exact) mass is 281 g/mol. The molecule has 1 amide bonds. The Hall–Kier alpha value is -2.81.